The van der Waals surface area contributed by atoms with Crippen LogP contribution in [0.2, 0.25) is 0 Å². The van der Waals surface area contributed by atoms with Gasteiger partial charge in [0.1, 0.15) is 12.9 Å². The molecular formula is C17H16N6O3. The van der Waals surface area contributed by atoms with Crippen LogP contribution in [-0.4, -0.2) is 28.9 Å². The van der Waals surface area contributed by atoms with Gasteiger partial charge in [0.05, 0.1) is 12.9 Å². The molecule has 0 N–H and O–H groups in total. The molecule has 0 radical (unpaired) electrons. The summed E-state index contributed by atoms with van der Waals surface area (Å²) in [6.45, 7) is 0.431. The van der Waals surface area contributed by atoms with Crippen LogP contribution >= 0.6 is 0 Å². The Kier molecular flexibility index (Phi) is 3.96. The molecule has 132 valence electrons. The number of aromatic nitrogens is 6. The van der Waals surface area contributed by atoms with Gasteiger partial charge in [0.15, 0.2) is 11.2 Å². The molecule has 0 aliphatic carbocycles. The molecule has 0 atom stereocenters. The predicted octanol–water partition coefficient (Wildman–Crippen LogP) is 0.571. The van der Waals surface area contributed by atoms with E-state index in [9.17, 15) is 9.59 Å². The molecule has 4 rings (SSSR count). The number of hydrogen-bond acceptors (Lipinski definition) is 6. The molecule has 0 bridgehead atoms. The molecule has 0 saturated carbocycles. The average molecular weight is 352 g/mol. The highest BCUT2D eigenvalue weighted by Crippen LogP contribution is 2.04. The minimum Gasteiger partial charge on any atom is -0.390 e. The van der Waals surface area contributed by atoms with Gasteiger partial charge >= 0.3 is 5.76 Å². The zero-order chi connectivity index (χ0) is 18.1. The summed E-state index contributed by atoms with van der Waals surface area (Å²) in [5.74, 6) is -0.382. The van der Waals surface area contributed by atoms with Crippen LogP contribution in [0.5, 0.6) is 0 Å². The van der Waals surface area contributed by atoms with Gasteiger partial charge in [-0.15, -0.1) is 5.10 Å². The molecule has 3 heterocycles. The van der Waals surface area contributed by atoms with Crippen molar-refractivity contribution in [3.05, 3.63) is 75.3 Å². The van der Waals surface area contributed by atoms with Crippen LogP contribution in [0.3, 0.4) is 0 Å². The van der Waals surface area contributed by atoms with E-state index in [4.69, 9.17) is 4.42 Å². The SMILES string of the molecule is Cn1cnc2ncn(Cc3nn(CCc4ccccc4)c(=O)o3)c(=O)c21. The van der Waals surface area contributed by atoms with Crippen LogP contribution in [0, 0.1) is 0 Å². The molecule has 0 saturated heterocycles. The maximum absolute atomic E-state index is 12.5. The molecule has 1 aromatic carbocycles. The minimum absolute atomic E-state index is 0.0283. The second-order valence-corrected chi connectivity index (χ2v) is 5.93. The number of aryl methyl sites for hydroxylation is 3. The van der Waals surface area contributed by atoms with E-state index in [0.717, 1.165) is 5.56 Å². The lowest BCUT2D eigenvalue weighted by molar-refractivity contribution is 0.434. The Labute approximate surface area is 147 Å². The molecule has 9 heteroatoms. The summed E-state index contributed by atoms with van der Waals surface area (Å²) in [5, 5.41) is 4.18. The topological polar surface area (TPSA) is 101 Å². The van der Waals surface area contributed by atoms with Crippen LogP contribution in [-0.2, 0) is 26.6 Å². The lowest BCUT2D eigenvalue weighted by atomic mass is 10.2. The summed E-state index contributed by atoms with van der Waals surface area (Å²) in [5.41, 5.74) is 1.60. The first-order chi connectivity index (χ1) is 12.6. The minimum atomic E-state index is -0.543. The second kappa shape index (κ2) is 6.43. The van der Waals surface area contributed by atoms with Crippen molar-refractivity contribution in [2.75, 3.05) is 0 Å². The first kappa shape index (κ1) is 16.0. The quantitative estimate of drug-likeness (QED) is 0.520. The van der Waals surface area contributed by atoms with E-state index in [1.54, 1.807) is 11.6 Å². The molecule has 0 amide bonds. The van der Waals surface area contributed by atoms with Gasteiger partial charge in [-0.2, -0.15) is 4.68 Å². The number of fused-ring (bicyclic) bond motifs is 1. The maximum atomic E-state index is 12.5. The molecule has 4 aromatic rings. The van der Waals surface area contributed by atoms with E-state index in [1.807, 2.05) is 30.3 Å². The highest BCUT2D eigenvalue weighted by Gasteiger charge is 2.13. The average Bonchev–Trinajstić information content (AvgIpc) is 3.19. The van der Waals surface area contributed by atoms with Crippen LogP contribution in [0.1, 0.15) is 11.5 Å². The summed E-state index contributed by atoms with van der Waals surface area (Å²) >= 11 is 0. The van der Waals surface area contributed by atoms with Gasteiger partial charge < -0.3 is 8.98 Å². The Morgan fingerprint density at radius 1 is 1.08 bits per heavy atom. The van der Waals surface area contributed by atoms with Crippen molar-refractivity contribution in [2.24, 2.45) is 7.05 Å². The molecule has 9 nitrogen and oxygen atoms in total. The fourth-order valence-corrected chi connectivity index (χ4v) is 2.76. The summed E-state index contributed by atoms with van der Waals surface area (Å²) < 4.78 is 9.39. The number of nitrogens with zero attached hydrogens (tertiary/aromatic N) is 6. The van der Waals surface area contributed by atoms with Crippen molar-refractivity contribution in [3.63, 3.8) is 0 Å². The molecule has 0 unspecified atom stereocenters. The lowest BCUT2D eigenvalue weighted by Crippen LogP contribution is -2.22. The second-order valence-electron chi connectivity index (χ2n) is 5.93. The number of benzene rings is 1. The predicted molar refractivity (Wildman–Crippen MR) is 92.8 cm³/mol. The third-order valence-electron chi connectivity index (χ3n) is 4.11. The van der Waals surface area contributed by atoms with Gasteiger partial charge in [-0.3, -0.25) is 9.36 Å². The van der Waals surface area contributed by atoms with E-state index < -0.39 is 5.76 Å². The molecular weight excluding hydrogens is 336 g/mol. The van der Waals surface area contributed by atoms with Crippen molar-refractivity contribution in [2.45, 2.75) is 19.5 Å². The number of hydrogen-bond donors (Lipinski definition) is 0. The Morgan fingerprint density at radius 2 is 1.85 bits per heavy atom. The van der Waals surface area contributed by atoms with Crippen molar-refractivity contribution in [1.82, 2.24) is 28.9 Å². The first-order valence-electron chi connectivity index (χ1n) is 8.09. The molecule has 0 fully saturated rings. The maximum Gasteiger partial charge on any atom is 0.437 e. The van der Waals surface area contributed by atoms with Crippen molar-refractivity contribution >= 4 is 11.2 Å². The van der Waals surface area contributed by atoms with Crippen LogP contribution in [0.15, 0.2) is 57.0 Å². The van der Waals surface area contributed by atoms with E-state index in [1.165, 1.54) is 21.9 Å². The van der Waals surface area contributed by atoms with E-state index in [2.05, 4.69) is 15.1 Å². The summed E-state index contributed by atoms with van der Waals surface area (Å²) in [7, 11) is 1.72. The molecule has 0 spiro atoms. The zero-order valence-corrected chi connectivity index (χ0v) is 14.1. The fraction of sp³-hybridized carbons (Fsp3) is 0.235. The normalized spacial score (nSPS) is 11.3. The fourth-order valence-electron chi connectivity index (χ4n) is 2.76. The van der Waals surface area contributed by atoms with Crippen molar-refractivity contribution < 1.29 is 4.42 Å². The molecule has 0 aliphatic rings. The van der Waals surface area contributed by atoms with E-state index in [0.29, 0.717) is 24.1 Å². The molecule has 26 heavy (non-hydrogen) atoms. The highest BCUT2D eigenvalue weighted by atomic mass is 16.4. The standard InChI is InChI=1S/C17H16N6O3/c1-21-10-18-15-14(21)16(24)22(11-19-15)9-13-20-23(17(25)26-13)8-7-12-5-3-2-4-6-12/h2-6,10-11H,7-9H2,1H3. The largest absolute Gasteiger partial charge is 0.437 e. The van der Waals surface area contributed by atoms with Gasteiger partial charge in [-0.1, -0.05) is 30.3 Å². The van der Waals surface area contributed by atoms with Crippen LogP contribution < -0.4 is 11.3 Å². The third kappa shape index (κ3) is 2.94. The van der Waals surface area contributed by atoms with Gasteiger partial charge in [0, 0.05) is 7.05 Å². The first-order valence-corrected chi connectivity index (χ1v) is 8.09. The lowest BCUT2D eigenvalue weighted by Gasteiger charge is -2.02. The summed E-state index contributed by atoms with van der Waals surface area (Å²) in [4.78, 5) is 32.7. The Morgan fingerprint density at radius 3 is 2.65 bits per heavy atom. The Balaban J connectivity index is 1.56. The Bertz CT molecular complexity index is 1170. The van der Waals surface area contributed by atoms with Gasteiger partial charge in [0.25, 0.3) is 5.56 Å². The van der Waals surface area contributed by atoms with Gasteiger partial charge in [-0.05, 0) is 12.0 Å². The van der Waals surface area contributed by atoms with Crippen molar-refractivity contribution in [1.29, 1.82) is 0 Å². The number of imidazole rings is 1. The monoisotopic (exact) mass is 352 g/mol. The van der Waals surface area contributed by atoms with Crippen LogP contribution in [0.25, 0.3) is 11.2 Å². The Hall–Kier alpha value is -3.49. The summed E-state index contributed by atoms with van der Waals surface area (Å²) in [6.07, 6.45) is 3.57. The van der Waals surface area contributed by atoms with Crippen LogP contribution in [0.4, 0.5) is 0 Å². The van der Waals surface area contributed by atoms with Gasteiger partial charge in [-0.25, -0.2) is 14.8 Å². The number of rotatable bonds is 5. The third-order valence-corrected chi connectivity index (χ3v) is 4.11. The van der Waals surface area contributed by atoms with E-state index >= 15 is 0 Å². The highest BCUT2D eigenvalue weighted by molar-refractivity contribution is 5.68. The smallest absolute Gasteiger partial charge is 0.390 e. The summed E-state index contributed by atoms with van der Waals surface area (Å²) in [6, 6.07) is 9.80. The molecule has 0 aliphatic heterocycles. The molecule has 3 aromatic heterocycles. The zero-order valence-electron chi connectivity index (χ0n) is 14.1. The van der Waals surface area contributed by atoms with E-state index in [-0.39, 0.29) is 18.0 Å². The van der Waals surface area contributed by atoms with Gasteiger partial charge in [0.2, 0.25) is 5.89 Å². The van der Waals surface area contributed by atoms with Crippen molar-refractivity contribution in [3.8, 4) is 0 Å².